The molecule has 0 amide bonds. The molecule has 0 aromatic heterocycles. The first-order valence-corrected chi connectivity index (χ1v) is 8.32. The van der Waals surface area contributed by atoms with Crippen molar-refractivity contribution in [3.8, 4) is 0 Å². The third-order valence-electron chi connectivity index (χ3n) is 3.66. The van der Waals surface area contributed by atoms with Crippen LogP contribution in [0.1, 0.15) is 30.9 Å². The third-order valence-corrected chi connectivity index (χ3v) is 4.16. The minimum atomic E-state index is -1.80. The minimum Gasteiger partial charge on any atom is -0.463 e. The predicted octanol–water partition coefficient (Wildman–Crippen LogP) is 5.07. The summed E-state index contributed by atoms with van der Waals surface area (Å²) in [6.07, 6.45) is 1.59. The first-order chi connectivity index (χ1) is 11.5. The van der Waals surface area contributed by atoms with Crippen molar-refractivity contribution in [2.24, 2.45) is 0 Å². The number of hydrogen-bond acceptors (Lipinski definition) is 4. The van der Waals surface area contributed by atoms with Crippen molar-refractivity contribution in [1.29, 1.82) is 0 Å². The molecule has 0 unspecified atom stereocenters. The van der Waals surface area contributed by atoms with E-state index in [1.807, 2.05) is 6.92 Å². The smallest absolute Gasteiger partial charge is 0.351 e. The van der Waals surface area contributed by atoms with Crippen molar-refractivity contribution in [3.63, 3.8) is 0 Å². The highest BCUT2D eigenvalue weighted by Crippen LogP contribution is 2.36. The van der Waals surface area contributed by atoms with Gasteiger partial charge in [0.05, 0.1) is 6.61 Å². The zero-order valence-electron chi connectivity index (χ0n) is 13.2. The maximum Gasteiger partial charge on any atom is 0.351 e. The highest BCUT2D eigenvalue weighted by Gasteiger charge is 2.46. The fourth-order valence-corrected chi connectivity index (χ4v) is 2.58. The fourth-order valence-electron chi connectivity index (χ4n) is 2.33. The molecule has 1 N–H and O–H groups in total. The van der Waals surface area contributed by atoms with Crippen molar-refractivity contribution < 1.29 is 19.7 Å². The van der Waals surface area contributed by atoms with E-state index in [2.05, 4.69) is 0 Å². The minimum absolute atomic E-state index is 0.238. The second kappa shape index (κ2) is 8.49. The molecule has 6 heteroatoms. The number of unbranched alkanes of at least 4 members (excludes halogenated alkanes) is 1. The average molecular weight is 369 g/mol. The van der Waals surface area contributed by atoms with Gasteiger partial charge in [0.2, 0.25) is 5.60 Å². The number of benzene rings is 2. The summed E-state index contributed by atoms with van der Waals surface area (Å²) in [4.78, 5) is 17.5. The van der Waals surface area contributed by atoms with Crippen LogP contribution in [0.4, 0.5) is 0 Å². The van der Waals surface area contributed by atoms with Crippen LogP contribution in [0.3, 0.4) is 0 Å². The SMILES string of the molecule is CCCCOC(=O)C(OO)(c1ccc(Cl)cc1)c1ccc(Cl)cc1. The Bertz CT molecular complexity index is 623. The Balaban J connectivity index is 2.51. The van der Waals surface area contributed by atoms with Crippen LogP contribution in [0.25, 0.3) is 0 Å². The molecule has 0 saturated carbocycles. The summed E-state index contributed by atoms with van der Waals surface area (Å²) in [5, 5.41) is 10.7. The molecule has 0 spiro atoms. The largest absolute Gasteiger partial charge is 0.463 e. The lowest BCUT2D eigenvalue weighted by atomic mass is 9.86. The van der Waals surface area contributed by atoms with E-state index in [-0.39, 0.29) is 6.61 Å². The van der Waals surface area contributed by atoms with Crippen molar-refractivity contribution >= 4 is 29.2 Å². The van der Waals surface area contributed by atoms with Gasteiger partial charge in [0.25, 0.3) is 0 Å². The molecule has 0 aliphatic rings. The maximum atomic E-state index is 12.8. The number of carbonyl (C=O) groups is 1. The highest BCUT2D eigenvalue weighted by atomic mass is 35.5. The standard InChI is InChI=1S/C18H18Cl2O4/c1-2-3-12-23-17(21)18(24-22,13-4-8-15(19)9-5-13)14-6-10-16(20)11-7-14/h4-11,22H,2-3,12H2,1H3. The lowest BCUT2D eigenvalue weighted by Crippen LogP contribution is -2.41. The van der Waals surface area contributed by atoms with Gasteiger partial charge in [-0.05, 0) is 30.7 Å². The topological polar surface area (TPSA) is 55.8 Å². The Morgan fingerprint density at radius 3 is 1.83 bits per heavy atom. The van der Waals surface area contributed by atoms with Gasteiger partial charge in [-0.25, -0.2) is 14.9 Å². The van der Waals surface area contributed by atoms with E-state index in [1.165, 1.54) is 0 Å². The Morgan fingerprint density at radius 2 is 1.46 bits per heavy atom. The second-order valence-corrected chi connectivity index (χ2v) is 6.15. The lowest BCUT2D eigenvalue weighted by molar-refractivity contribution is -0.311. The van der Waals surface area contributed by atoms with Crippen LogP contribution in [-0.4, -0.2) is 17.8 Å². The van der Waals surface area contributed by atoms with Crippen LogP contribution in [0.2, 0.25) is 10.0 Å². The number of ether oxygens (including phenoxy) is 1. The lowest BCUT2D eigenvalue weighted by Gasteiger charge is -2.29. The van der Waals surface area contributed by atoms with Gasteiger partial charge in [0.15, 0.2) is 0 Å². The van der Waals surface area contributed by atoms with E-state index in [0.717, 1.165) is 6.42 Å². The second-order valence-electron chi connectivity index (χ2n) is 5.28. The molecule has 0 bridgehead atoms. The molecule has 2 aromatic rings. The Hall–Kier alpha value is -1.59. The first kappa shape index (κ1) is 18.7. The van der Waals surface area contributed by atoms with Crippen molar-refractivity contribution in [1.82, 2.24) is 0 Å². The van der Waals surface area contributed by atoms with E-state index >= 15 is 0 Å². The molecule has 0 heterocycles. The number of halogens is 2. The average Bonchev–Trinajstić information content (AvgIpc) is 2.59. The zero-order chi connectivity index (χ0) is 17.6. The van der Waals surface area contributed by atoms with Gasteiger partial charge in [-0.3, -0.25) is 0 Å². The van der Waals surface area contributed by atoms with Gasteiger partial charge in [-0.1, -0.05) is 60.8 Å². The maximum absolute atomic E-state index is 12.8. The van der Waals surface area contributed by atoms with Gasteiger partial charge in [-0.15, -0.1) is 0 Å². The van der Waals surface area contributed by atoms with Crippen LogP contribution in [-0.2, 0) is 20.0 Å². The molecule has 2 aromatic carbocycles. The van der Waals surface area contributed by atoms with Crippen LogP contribution in [0.15, 0.2) is 48.5 Å². The number of hydrogen-bond donors (Lipinski definition) is 1. The Kier molecular flexibility index (Phi) is 6.63. The number of esters is 1. The summed E-state index contributed by atoms with van der Waals surface area (Å²) >= 11 is 11.8. The zero-order valence-corrected chi connectivity index (χ0v) is 14.7. The Morgan fingerprint density at radius 1 is 1.00 bits per heavy atom. The molecule has 0 aliphatic carbocycles. The van der Waals surface area contributed by atoms with Crippen LogP contribution in [0, 0.1) is 0 Å². The molecule has 4 nitrogen and oxygen atoms in total. The quantitative estimate of drug-likeness (QED) is 0.320. The molecular formula is C18H18Cl2O4. The van der Waals surface area contributed by atoms with Crippen LogP contribution < -0.4 is 0 Å². The summed E-state index contributed by atoms with van der Waals surface area (Å²) in [6.45, 7) is 2.23. The summed E-state index contributed by atoms with van der Waals surface area (Å²) in [5.74, 6) is -0.705. The van der Waals surface area contributed by atoms with Gasteiger partial charge in [-0.2, -0.15) is 0 Å². The van der Waals surface area contributed by atoms with E-state index < -0.39 is 11.6 Å². The van der Waals surface area contributed by atoms with E-state index in [4.69, 9.17) is 32.8 Å². The van der Waals surface area contributed by atoms with Gasteiger partial charge in [0, 0.05) is 21.2 Å². The van der Waals surface area contributed by atoms with E-state index in [0.29, 0.717) is 27.6 Å². The first-order valence-electron chi connectivity index (χ1n) is 7.56. The van der Waals surface area contributed by atoms with Gasteiger partial charge < -0.3 is 4.74 Å². The van der Waals surface area contributed by atoms with Crippen molar-refractivity contribution in [3.05, 3.63) is 69.7 Å². The summed E-state index contributed by atoms with van der Waals surface area (Å²) in [6, 6.07) is 12.9. The van der Waals surface area contributed by atoms with Crippen LogP contribution in [0.5, 0.6) is 0 Å². The number of carbonyl (C=O) groups excluding carboxylic acids is 1. The summed E-state index contributed by atoms with van der Waals surface area (Å²) < 4.78 is 5.32. The molecule has 0 saturated heterocycles. The van der Waals surface area contributed by atoms with Crippen molar-refractivity contribution in [2.45, 2.75) is 25.4 Å². The normalized spacial score (nSPS) is 11.3. The molecule has 0 atom stereocenters. The molecular weight excluding hydrogens is 351 g/mol. The molecule has 0 fully saturated rings. The molecule has 24 heavy (non-hydrogen) atoms. The van der Waals surface area contributed by atoms with Crippen molar-refractivity contribution in [2.75, 3.05) is 6.61 Å². The molecule has 0 radical (unpaired) electrons. The monoisotopic (exact) mass is 368 g/mol. The van der Waals surface area contributed by atoms with Crippen LogP contribution >= 0.6 is 23.2 Å². The highest BCUT2D eigenvalue weighted by molar-refractivity contribution is 6.30. The fraction of sp³-hybridized carbons (Fsp3) is 0.278. The molecule has 2 rings (SSSR count). The van der Waals surface area contributed by atoms with Gasteiger partial charge in [0.1, 0.15) is 0 Å². The van der Waals surface area contributed by atoms with Gasteiger partial charge >= 0.3 is 5.97 Å². The van der Waals surface area contributed by atoms with E-state index in [9.17, 15) is 10.1 Å². The third kappa shape index (κ3) is 3.90. The molecule has 128 valence electrons. The number of rotatable bonds is 7. The molecule has 0 aliphatic heterocycles. The summed E-state index contributed by atoms with van der Waals surface area (Å²) in [5.41, 5.74) is -1.00. The summed E-state index contributed by atoms with van der Waals surface area (Å²) in [7, 11) is 0. The Labute approximate surface area is 150 Å². The predicted molar refractivity (Wildman–Crippen MR) is 93.3 cm³/mol. The van der Waals surface area contributed by atoms with E-state index in [1.54, 1.807) is 48.5 Å².